The molecule has 0 saturated carbocycles. The standard InChI is InChI=1S/C14H15BrN2OS/c1-9(7-11-3-2-6-18-11)17-13-5-4-10(15)8-12(13)14(16)19/h2-6,8-9,17H,7H2,1H3,(H2,16,19). The van der Waals surface area contributed by atoms with Crippen LogP contribution in [-0.2, 0) is 6.42 Å². The molecule has 19 heavy (non-hydrogen) atoms. The Morgan fingerprint density at radius 2 is 2.26 bits per heavy atom. The van der Waals surface area contributed by atoms with E-state index in [0.29, 0.717) is 4.99 Å². The topological polar surface area (TPSA) is 51.2 Å². The largest absolute Gasteiger partial charge is 0.469 e. The number of rotatable bonds is 5. The number of nitrogens with two attached hydrogens (primary N) is 1. The molecule has 2 rings (SSSR count). The summed E-state index contributed by atoms with van der Waals surface area (Å²) < 4.78 is 6.30. The Morgan fingerprint density at radius 3 is 2.89 bits per heavy atom. The van der Waals surface area contributed by atoms with Gasteiger partial charge < -0.3 is 15.5 Å². The quantitative estimate of drug-likeness (QED) is 0.815. The molecule has 0 saturated heterocycles. The molecule has 1 unspecified atom stereocenters. The van der Waals surface area contributed by atoms with Crippen LogP contribution in [0, 0.1) is 0 Å². The second-order valence-electron chi connectivity index (χ2n) is 4.38. The molecule has 3 nitrogen and oxygen atoms in total. The third-order valence-corrected chi connectivity index (χ3v) is 3.45. The Morgan fingerprint density at radius 1 is 1.47 bits per heavy atom. The van der Waals surface area contributed by atoms with Crippen molar-refractivity contribution in [3.63, 3.8) is 0 Å². The molecule has 0 aliphatic rings. The maximum absolute atomic E-state index is 5.75. The summed E-state index contributed by atoms with van der Waals surface area (Å²) in [5.41, 5.74) is 7.53. The van der Waals surface area contributed by atoms with Crippen LogP contribution in [0.2, 0.25) is 0 Å². The van der Waals surface area contributed by atoms with Crippen LogP contribution < -0.4 is 11.1 Å². The van der Waals surface area contributed by atoms with E-state index >= 15 is 0 Å². The van der Waals surface area contributed by atoms with Crippen molar-refractivity contribution in [2.45, 2.75) is 19.4 Å². The fourth-order valence-electron chi connectivity index (χ4n) is 1.89. The molecule has 1 aromatic heterocycles. The minimum absolute atomic E-state index is 0.223. The molecule has 1 aromatic carbocycles. The van der Waals surface area contributed by atoms with Crippen molar-refractivity contribution in [1.82, 2.24) is 0 Å². The van der Waals surface area contributed by atoms with Crippen LogP contribution in [0.4, 0.5) is 5.69 Å². The van der Waals surface area contributed by atoms with Gasteiger partial charge in [-0.05, 0) is 37.3 Å². The molecule has 100 valence electrons. The molecule has 0 aliphatic heterocycles. The number of thiocarbonyl (C=S) groups is 1. The molecular weight excluding hydrogens is 324 g/mol. The predicted molar refractivity (Wildman–Crippen MR) is 85.5 cm³/mol. The van der Waals surface area contributed by atoms with E-state index in [1.807, 2.05) is 30.3 Å². The van der Waals surface area contributed by atoms with Gasteiger partial charge in [0, 0.05) is 28.2 Å². The molecule has 0 radical (unpaired) electrons. The molecule has 1 heterocycles. The zero-order chi connectivity index (χ0) is 13.8. The summed E-state index contributed by atoms with van der Waals surface area (Å²) in [4.78, 5) is 0.383. The third-order valence-electron chi connectivity index (χ3n) is 2.74. The van der Waals surface area contributed by atoms with Crippen molar-refractivity contribution in [1.29, 1.82) is 0 Å². The van der Waals surface area contributed by atoms with Crippen molar-refractivity contribution in [3.8, 4) is 0 Å². The lowest BCUT2D eigenvalue weighted by atomic mass is 10.1. The lowest BCUT2D eigenvalue weighted by molar-refractivity contribution is 0.498. The molecule has 3 N–H and O–H groups in total. The van der Waals surface area contributed by atoms with Crippen LogP contribution in [0.3, 0.4) is 0 Å². The van der Waals surface area contributed by atoms with Gasteiger partial charge in [0.15, 0.2) is 0 Å². The summed E-state index contributed by atoms with van der Waals surface area (Å²) in [7, 11) is 0. The second kappa shape index (κ2) is 6.21. The fourth-order valence-corrected chi connectivity index (χ4v) is 2.42. The summed E-state index contributed by atoms with van der Waals surface area (Å²) in [5.74, 6) is 0.953. The Hall–Kier alpha value is -1.33. The molecule has 0 fully saturated rings. The molecule has 0 aliphatic carbocycles. The van der Waals surface area contributed by atoms with Gasteiger partial charge in [-0.15, -0.1) is 0 Å². The van der Waals surface area contributed by atoms with E-state index in [4.69, 9.17) is 22.4 Å². The average molecular weight is 339 g/mol. The molecule has 0 spiro atoms. The molecule has 0 amide bonds. The number of benzene rings is 1. The van der Waals surface area contributed by atoms with Crippen molar-refractivity contribution < 1.29 is 4.42 Å². The zero-order valence-corrected chi connectivity index (χ0v) is 12.9. The highest BCUT2D eigenvalue weighted by atomic mass is 79.9. The van der Waals surface area contributed by atoms with E-state index < -0.39 is 0 Å². The molecule has 1 atom stereocenters. The second-order valence-corrected chi connectivity index (χ2v) is 5.74. The maximum Gasteiger partial charge on any atom is 0.106 e. The summed E-state index contributed by atoms with van der Waals surface area (Å²) in [5, 5.41) is 3.41. The lowest BCUT2D eigenvalue weighted by Crippen LogP contribution is -2.21. The summed E-state index contributed by atoms with van der Waals surface area (Å²) in [6, 6.07) is 9.93. The first-order chi connectivity index (χ1) is 9.06. The molecular formula is C14H15BrN2OS. The van der Waals surface area contributed by atoms with Crippen molar-refractivity contribution in [2.24, 2.45) is 5.73 Å². The maximum atomic E-state index is 5.75. The molecule has 2 aromatic rings. The normalized spacial score (nSPS) is 12.1. The van der Waals surface area contributed by atoms with Gasteiger partial charge in [0.25, 0.3) is 0 Å². The van der Waals surface area contributed by atoms with Gasteiger partial charge >= 0.3 is 0 Å². The Labute approximate surface area is 126 Å². The van der Waals surface area contributed by atoms with Gasteiger partial charge in [-0.1, -0.05) is 28.1 Å². The lowest BCUT2D eigenvalue weighted by Gasteiger charge is -2.17. The van der Waals surface area contributed by atoms with Gasteiger partial charge in [-0.2, -0.15) is 0 Å². The molecule has 0 bridgehead atoms. The average Bonchev–Trinajstić information content (AvgIpc) is 2.83. The van der Waals surface area contributed by atoms with E-state index in [9.17, 15) is 0 Å². The SMILES string of the molecule is CC(Cc1ccco1)Nc1ccc(Br)cc1C(N)=S. The van der Waals surface area contributed by atoms with Gasteiger partial charge in [-0.25, -0.2) is 0 Å². The highest BCUT2D eigenvalue weighted by molar-refractivity contribution is 9.10. The first kappa shape index (κ1) is 14.1. The Balaban J connectivity index is 2.12. The van der Waals surface area contributed by atoms with Crippen molar-refractivity contribution >= 4 is 38.8 Å². The first-order valence-corrected chi connectivity index (χ1v) is 7.14. The van der Waals surface area contributed by atoms with Crippen LogP contribution in [0.25, 0.3) is 0 Å². The summed E-state index contributed by atoms with van der Waals surface area (Å²) >= 11 is 8.50. The van der Waals surface area contributed by atoms with Crippen LogP contribution in [0.1, 0.15) is 18.2 Å². The fraction of sp³-hybridized carbons (Fsp3) is 0.214. The highest BCUT2D eigenvalue weighted by Gasteiger charge is 2.10. The van der Waals surface area contributed by atoms with E-state index in [2.05, 4.69) is 28.2 Å². The third kappa shape index (κ3) is 3.81. The van der Waals surface area contributed by atoms with Crippen LogP contribution >= 0.6 is 28.1 Å². The summed E-state index contributed by atoms with van der Waals surface area (Å²) in [6.07, 6.45) is 2.49. The number of hydrogen-bond donors (Lipinski definition) is 2. The summed E-state index contributed by atoms with van der Waals surface area (Å²) in [6.45, 7) is 2.09. The Kier molecular flexibility index (Phi) is 4.61. The first-order valence-electron chi connectivity index (χ1n) is 5.94. The molecule has 5 heteroatoms. The smallest absolute Gasteiger partial charge is 0.106 e. The van der Waals surface area contributed by atoms with E-state index in [0.717, 1.165) is 27.9 Å². The number of anilines is 1. The minimum atomic E-state index is 0.223. The van der Waals surface area contributed by atoms with Crippen LogP contribution in [0.5, 0.6) is 0 Å². The van der Waals surface area contributed by atoms with Gasteiger partial charge in [0.2, 0.25) is 0 Å². The predicted octanol–water partition coefficient (Wildman–Crippen LogP) is 3.72. The van der Waals surface area contributed by atoms with Crippen molar-refractivity contribution in [3.05, 3.63) is 52.4 Å². The van der Waals surface area contributed by atoms with Crippen LogP contribution in [-0.4, -0.2) is 11.0 Å². The number of nitrogens with one attached hydrogen (secondary N) is 1. The van der Waals surface area contributed by atoms with E-state index in [-0.39, 0.29) is 6.04 Å². The van der Waals surface area contributed by atoms with Crippen molar-refractivity contribution in [2.75, 3.05) is 5.32 Å². The number of hydrogen-bond acceptors (Lipinski definition) is 3. The number of furan rings is 1. The number of halogens is 1. The Bertz CT molecular complexity index is 569. The van der Waals surface area contributed by atoms with Gasteiger partial charge in [-0.3, -0.25) is 0 Å². The van der Waals surface area contributed by atoms with E-state index in [1.54, 1.807) is 6.26 Å². The monoisotopic (exact) mass is 338 g/mol. The van der Waals surface area contributed by atoms with Crippen LogP contribution in [0.15, 0.2) is 45.5 Å². The zero-order valence-electron chi connectivity index (χ0n) is 10.5. The van der Waals surface area contributed by atoms with Gasteiger partial charge in [0.1, 0.15) is 10.7 Å². The minimum Gasteiger partial charge on any atom is -0.469 e. The van der Waals surface area contributed by atoms with Gasteiger partial charge in [0.05, 0.1) is 6.26 Å². The van der Waals surface area contributed by atoms with E-state index in [1.165, 1.54) is 0 Å². The highest BCUT2D eigenvalue weighted by Crippen LogP contribution is 2.22.